The molecule has 0 aliphatic heterocycles. The minimum atomic E-state index is 0.0408. The molecule has 0 aromatic heterocycles. The number of thiocarbonyl (C=S) groups is 1. The Morgan fingerprint density at radius 1 is 1.33 bits per heavy atom. The van der Waals surface area contributed by atoms with Crippen molar-refractivity contribution in [3.8, 4) is 0 Å². The predicted octanol–water partition coefficient (Wildman–Crippen LogP) is 2.08. The summed E-state index contributed by atoms with van der Waals surface area (Å²) in [7, 11) is 1.75. The van der Waals surface area contributed by atoms with Crippen molar-refractivity contribution in [2.45, 2.75) is 13.8 Å². The van der Waals surface area contributed by atoms with Gasteiger partial charge in [-0.2, -0.15) is 0 Å². The van der Waals surface area contributed by atoms with Crippen molar-refractivity contribution >= 4 is 28.9 Å². The van der Waals surface area contributed by atoms with E-state index in [9.17, 15) is 4.79 Å². The number of nitrogens with one attached hydrogen (secondary N) is 2. The number of hydrogen-bond donors (Lipinski definition) is 2. The Labute approximate surface area is 113 Å². The first kappa shape index (κ1) is 14.4. The van der Waals surface area contributed by atoms with Crippen LogP contribution in [0.3, 0.4) is 0 Å². The summed E-state index contributed by atoms with van der Waals surface area (Å²) in [5.41, 5.74) is 1.48. The van der Waals surface area contributed by atoms with Crippen molar-refractivity contribution in [1.82, 2.24) is 10.2 Å². The largest absolute Gasteiger partial charge is 0.366 e. The molecular formula is C13H19N3OS. The standard InChI is InChI=1S/C13H19N3OS/c1-4-16(5-2)12(17)10-7-6-8-11(9-10)15-13(18)14-3/h6-9H,4-5H2,1-3H3,(H2,14,15,18). The SMILES string of the molecule is CCN(CC)C(=O)c1cccc(NC(=S)NC)c1. The molecule has 5 heteroatoms. The van der Waals surface area contributed by atoms with Gasteiger partial charge in [0, 0.05) is 31.4 Å². The van der Waals surface area contributed by atoms with E-state index >= 15 is 0 Å². The smallest absolute Gasteiger partial charge is 0.253 e. The highest BCUT2D eigenvalue weighted by atomic mass is 32.1. The second kappa shape index (κ2) is 6.96. The Kier molecular flexibility index (Phi) is 5.58. The topological polar surface area (TPSA) is 44.4 Å². The molecule has 0 saturated heterocycles. The highest BCUT2D eigenvalue weighted by molar-refractivity contribution is 7.80. The maximum Gasteiger partial charge on any atom is 0.253 e. The average Bonchev–Trinajstić information content (AvgIpc) is 2.40. The van der Waals surface area contributed by atoms with Crippen molar-refractivity contribution in [2.75, 3.05) is 25.5 Å². The highest BCUT2D eigenvalue weighted by Crippen LogP contribution is 2.12. The normalized spacial score (nSPS) is 9.72. The lowest BCUT2D eigenvalue weighted by Crippen LogP contribution is -2.30. The van der Waals surface area contributed by atoms with Crippen LogP contribution >= 0.6 is 12.2 Å². The third-order valence-electron chi connectivity index (χ3n) is 2.65. The molecule has 0 fully saturated rings. The minimum absolute atomic E-state index is 0.0408. The van der Waals surface area contributed by atoms with Gasteiger partial charge < -0.3 is 15.5 Å². The molecule has 98 valence electrons. The van der Waals surface area contributed by atoms with Crippen LogP contribution in [0.1, 0.15) is 24.2 Å². The molecular weight excluding hydrogens is 246 g/mol. The lowest BCUT2D eigenvalue weighted by atomic mass is 10.1. The molecule has 1 rings (SSSR count). The van der Waals surface area contributed by atoms with E-state index in [1.807, 2.05) is 38.1 Å². The van der Waals surface area contributed by atoms with Gasteiger partial charge in [-0.1, -0.05) is 6.07 Å². The van der Waals surface area contributed by atoms with Gasteiger partial charge in [-0.25, -0.2) is 0 Å². The molecule has 0 heterocycles. The molecule has 0 aliphatic carbocycles. The number of amides is 1. The zero-order chi connectivity index (χ0) is 13.5. The number of carbonyl (C=O) groups excluding carboxylic acids is 1. The number of rotatable bonds is 4. The predicted molar refractivity (Wildman–Crippen MR) is 79.0 cm³/mol. The zero-order valence-corrected chi connectivity index (χ0v) is 11.8. The van der Waals surface area contributed by atoms with Crippen LogP contribution in [-0.2, 0) is 0 Å². The van der Waals surface area contributed by atoms with E-state index in [0.717, 1.165) is 5.69 Å². The van der Waals surface area contributed by atoms with E-state index in [2.05, 4.69) is 10.6 Å². The first-order chi connectivity index (χ1) is 8.62. The molecule has 0 atom stereocenters. The molecule has 0 unspecified atom stereocenters. The molecule has 0 radical (unpaired) electrons. The third kappa shape index (κ3) is 3.70. The Balaban J connectivity index is 2.87. The Morgan fingerprint density at radius 2 is 2.00 bits per heavy atom. The van der Waals surface area contributed by atoms with Crippen LogP contribution in [0.15, 0.2) is 24.3 Å². The number of benzene rings is 1. The number of nitrogens with zero attached hydrogens (tertiary/aromatic N) is 1. The van der Waals surface area contributed by atoms with E-state index in [4.69, 9.17) is 12.2 Å². The molecule has 0 spiro atoms. The van der Waals surface area contributed by atoms with Crippen LogP contribution in [0.5, 0.6) is 0 Å². The van der Waals surface area contributed by atoms with Gasteiger partial charge in [0.2, 0.25) is 0 Å². The van der Waals surface area contributed by atoms with E-state index < -0.39 is 0 Å². The van der Waals surface area contributed by atoms with Gasteiger partial charge >= 0.3 is 0 Å². The summed E-state index contributed by atoms with van der Waals surface area (Å²) in [4.78, 5) is 14.0. The molecule has 2 N–H and O–H groups in total. The van der Waals surface area contributed by atoms with Gasteiger partial charge in [-0.05, 0) is 44.3 Å². The Bertz CT molecular complexity index is 430. The van der Waals surface area contributed by atoms with Gasteiger partial charge in [0.1, 0.15) is 0 Å². The quantitative estimate of drug-likeness (QED) is 0.818. The van der Waals surface area contributed by atoms with Crippen LogP contribution in [0.4, 0.5) is 5.69 Å². The fourth-order valence-corrected chi connectivity index (χ4v) is 1.73. The van der Waals surface area contributed by atoms with Crippen LogP contribution < -0.4 is 10.6 Å². The van der Waals surface area contributed by atoms with Gasteiger partial charge in [0.25, 0.3) is 5.91 Å². The molecule has 1 amide bonds. The molecule has 0 aliphatic rings. The van der Waals surface area contributed by atoms with Gasteiger partial charge in [0.15, 0.2) is 5.11 Å². The number of carbonyl (C=O) groups is 1. The van der Waals surface area contributed by atoms with Crippen LogP contribution in [-0.4, -0.2) is 36.1 Å². The maximum atomic E-state index is 12.2. The van der Waals surface area contributed by atoms with Crippen molar-refractivity contribution in [3.05, 3.63) is 29.8 Å². The van der Waals surface area contributed by atoms with Gasteiger partial charge in [0.05, 0.1) is 0 Å². The van der Waals surface area contributed by atoms with E-state index in [-0.39, 0.29) is 5.91 Å². The summed E-state index contributed by atoms with van der Waals surface area (Å²) in [5.74, 6) is 0.0408. The van der Waals surface area contributed by atoms with E-state index in [1.54, 1.807) is 11.9 Å². The summed E-state index contributed by atoms with van der Waals surface area (Å²) in [6.07, 6.45) is 0. The zero-order valence-electron chi connectivity index (χ0n) is 11.0. The van der Waals surface area contributed by atoms with Crippen LogP contribution in [0.25, 0.3) is 0 Å². The number of hydrogen-bond acceptors (Lipinski definition) is 2. The van der Waals surface area contributed by atoms with E-state index in [1.165, 1.54) is 0 Å². The molecule has 4 nitrogen and oxygen atoms in total. The molecule has 0 saturated carbocycles. The first-order valence-electron chi connectivity index (χ1n) is 6.00. The molecule has 1 aromatic carbocycles. The van der Waals surface area contributed by atoms with Crippen LogP contribution in [0, 0.1) is 0 Å². The second-order valence-electron chi connectivity index (χ2n) is 3.76. The fraction of sp³-hybridized carbons (Fsp3) is 0.385. The monoisotopic (exact) mass is 265 g/mol. The average molecular weight is 265 g/mol. The summed E-state index contributed by atoms with van der Waals surface area (Å²) >= 11 is 5.03. The highest BCUT2D eigenvalue weighted by Gasteiger charge is 2.12. The summed E-state index contributed by atoms with van der Waals surface area (Å²) in [6.45, 7) is 5.36. The second-order valence-corrected chi connectivity index (χ2v) is 4.17. The minimum Gasteiger partial charge on any atom is -0.366 e. The summed E-state index contributed by atoms with van der Waals surface area (Å²) in [5, 5.41) is 6.37. The lowest BCUT2D eigenvalue weighted by molar-refractivity contribution is 0.0773. The lowest BCUT2D eigenvalue weighted by Gasteiger charge is -2.19. The summed E-state index contributed by atoms with van der Waals surface area (Å²) in [6, 6.07) is 7.35. The van der Waals surface area contributed by atoms with Crippen LogP contribution in [0.2, 0.25) is 0 Å². The van der Waals surface area contributed by atoms with Gasteiger partial charge in [-0.3, -0.25) is 4.79 Å². The van der Waals surface area contributed by atoms with Crippen molar-refractivity contribution < 1.29 is 4.79 Å². The Morgan fingerprint density at radius 3 is 2.56 bits per heavy atom. The Hall–Kier alpha value is -1.62. The molecule has 1 aromatic rings. The third-order valence-corrected chi connectivity index (χ3v) is 2.95. The number of anilines is 1. The van der Waals surface area contributed by atoms with Gasteiger partial charge in [-0.15, -0.1) is 0 Å². The fourth-order valence-electron chi connectivity index (χ4n) is 1.62. The van der Waals surface area contributed by atoms with Crippen molar-refractivity contribution in [3.63, 3.8) is 0 Å². The first-order valence-corrected chi connectivity index (χ1v) is 6.41. The van der Waals surface area contributed by atoms with E-state index in [0.29, 0.717) is 23.8 Å². The summed E-state index contributed by atoms with van der Waals surface area (Å²) < 4.78 is 0. The molecule has 18 heavy (non-hydrogen) atoms. The maximum absolute atomic E-state index is 12.2. The van der Waals surface area contributed by atoms with Crippen molar-refractivity contribution in [1.29, 1.82) is 0 Å². The molecule has 0 bridgehead atoms. The van der Waals surface area contributed by atoms with Crippen molar-refractivity contribution in [2.24, 2.45) is 0 Å².